The zero-order valence-electron chi connectivity index (χ0n) is 9.49. The molecule has 0 aliphatic heterocycles. The van der Waals surface area contributed by atoms with E-state index in [9.17, 15) is 18.0 Å². The van der Waals surface area contributed by atoms with Crippen LogP contribution in [-0.2, 0) is 15.7 Å². The molecule has 0 amide bonds. The summed E-state index contributed by atoms with van der Waals surface area (Å²) in [6, 6.07) is 5.58. The number of esters is 1. The third kappa shape index (κ3) is 3.23. The van der Waals surface area contributed by atoms with E-state index in [0.29, 0.717) is 0 Å². The maximum atomic E-state index is 12.3. The second kappa shape index (κ2) is 5.54. The fourth-order valence-electron chi connectivity index (χ4n) is 1.35. The van der Waals surface area contributed by atoms with Gasteiger partial charge in [-0.3, -0.25) is 4.79 Å². The Balaban J connectivity index is 2.97. The smallest absolute Gasteiger partial charge is 0.416 e. The van der Waals surface area contributed by atoms with Crippen molar-refractivity contribution in [3.8, 4) is 6.07 Å². The van der Waals surface area contributed by atoms with Crippen molar-refractivity contribution in [2.45, 2.75) is 19.0 Å². The summed E-state index contributed by atoms with van der Waals surface area (Å²) in [6.07, 6.45) is -4.44. The Bertz CT molecular complexity index is 460. The summed E-state index contributed by atoms with van der Waals surface area (Å²) in [5, 5.41) is 8.83. The van der Waals surface area contributed by atoms with Gasteiger partial charge in [-0.25, -0.2) is 0 Å². The number of alkyl halides is 3. The summed E-state index contributed by atoms with van der Waals surface area (Å²) in [4.78, 5) is 11.4. The van der Waals surface area contributed by atoms with Crippen LogP contribution in [0.25, 0.3) is 0 Å². The van der Waals surface area contributed by atoms with E-state index < -0.39 is 23.6 Å². The van der Waals surface area contributed by atoms with Crippen LogP contribution in [0.1, 0.15) is 24.0 Å². The molecule has 0 fully saturated rings. The molecule has 0 aromatic heterocycles. The molecule has 6 heteroatoms. The molecule has 0 spiro atoms. The third-order valence-corrected chi connectivity index (χ3v) is 2.22. The van der Waals surface area contributed by atoms with Crippen molar-refractivity contribution in [2.75, 3.05) is 6.61 Å². The molecule has 0 saturated heterocycles. The Morgan fingerprint density at radius 1 is 1.39 bits per heavy atom. The molecule has 1 aromatic rings. The first kappa shape index (κ1) is 14.0. The quantitative estimate of drug-likeness (QED) is 0.782. The van der Waals surface area contributed by atoms with Gasteiger partial charge < -0.3 is 4.74 Å². The summed E-state index contributed by atoms with van der Waals surface area (Å²) in [6.45, 7) is 1.69. The lowest BCUT2D eigenvalue weighted by Crippen LogP contribution is -2.14. The Morgan fingerprint density at radius 2 is 1.94 bits per heavy atom. The Kier molecular flexibility index (Phi) is 4.32. The van der Waals surface area contributed by atoms with E-state index in [1.165, 1.54) is 0 Å². The zero-order valence-corrected chi connectivity index (χ0v) is 9.49. The number of carbonyl (C=O) groups excluding carboxylic acids is 1. The van der Waals surface area contributed by atoms with Crippen molar-refractivity contribution in [3.63, 3.8) is 0 Å². The third-order valence-electron chi connectivity index (χ3n) is 2.22. The van der Waals surface area contributed by atoms with E-state index in [1.54, 1.807) is 13.0 Å². The Hall–Kier alpha value is -2.03. The molecule has 0 heterocycles. The minimum atomic E-state index is -4.44. The highest BCUT2D eigenvalue weighted by atomic mass is 19.4. The fraction of sp³-hybridized carbons (Fsp3) is 0.333. The topological polar surface area (TPSA) is 50.1 Å². The summed E-state index contributed by atoms with van der Waals surface area (Å²) in [5.74, 6) is -1.97. The van der Waals surface area contributed by atoms with Gasteiger partial charge in [-0.1, -0.05) is 12.1 Å². The number of nitriles is 1. The molecule has 1 rings (SSSR count). The summed E-state index contributed by atoms with van der Waals surface area (Å²) in [7, 11) is 0. The van der Waals surface area contributed by atoms with Crippen molar-refractivity contribution < 1.29 is 22.7 Å². The highest BCUT2D eigenvalue weighted by molar-refractivity contribution is 5.81. The van der Waals surface area contributed by atoms with Crippen LogP contribution in [0.2, 0.25) is 0 Å². The van der Waals surface area contributed by atoms with Gasteiger partial charge in [0.15, 0.2) is 5.92 Å². The number of halogens is 3. The SMILES string of the molecule is CCOC(=O)C(C#N)c1ccc(C(F)(F)F)cc1. The highest BCUT2D eigenvalue weighted by Crippen LogP contribution is 2.30. The predicted molar refractivity (Wildman–Crippen MR) is 56.4 cm³/mol. The molecule has 0 saturated carbocycles. The van der Waals surface area contributed by atoms with E-state index >= 15 is 0 Å². The van der Waals surface area contributed by atoms with Gasteiger partial charge >= 0.3 is 12.1 Å². The van der Waals surface area contributed by atoms with Crippen LogP contribution in [0.3, 0.4) is 0 Å². The van der Waals surface area contributed by atoms with Crippen LogP contribution in [0.15, 0.2) is 24.3 Å². The number of ether oxygens (including phenoxy) is 1. The molecule has 18 heavy (non-hydrogen) atoms. The standard InChI is InChI=1S/C12H10F3NO2/c1-2-18-11(17)10(7-16)8-3-5-9(6-4-8)12(13,14)15/h3-6,10H,2H2,1H3. The molecule has 96 valence electrons. The van der Waals surface area contributed by atoms with Gasteiger partial charge in [-0.2, -0.15) is 18.4 Å². The largest absolute Gasteiger partial charge is 0.465 e. The van der Waals surface area contributed by atoms with E-state index in [0.717, 1.165) is 24.3 Å². The van der Waals surface area contributed by atoms with Gasteiger partial charge in [0, 0.05) is 0 Å². The Labute approximate surface area is 102 Å². The van der Waals surface area contributed by atoms with Crippen LogP contribution in [0.5, 0.6) is 0 Å². The lowest BCUT2D eigenvalue weighted by Gasteiger charge is -2.10. The van der Waals surface area contributed by atoms with E-state index in [1.807, 2.05) is 0 Å². The normalized spacial score (nSPS) is 12.6. The molecule has 0 aliphatic carbocycles. The monoisotopic (exact) mass is 257 g/mol. The van der Waals surface area contributed by atoms with Crippen molar-refractivity contribution in [3.05, 3.63) is 35.4 Å². The lowest BCUT2D eigenvalue weighted by atomic mass is 9.99. The summed E-state index contributed by atoms with van der Waals surface area (Å²) in [5.41, 5.74) is -0.643. The zero-order chi connectivity index (χ0) is 13.8. The number of nitrogens with zero attached hydrogens (tertiary/aromatic N) is 1. The van der Waals surface area contributed by atoms with Crippen molar-refractivity contribution in [1.29, 1.82) is 5.26 Å². The predicted octanol–water partition coefficient (Wildman–Crippen LogP) is 2.88. The van der Waals surface area contributed by atoms with Crippen LogP contribution in [-0.4, -0.2) is 12.6 Å². The highest BCUT2D eigenvalue weighted by Gasteiger charge is 2.31. The fourth-order valence-corrected chi connectivity index (χ4v) is 1.35. The van der Waals surface area contributed by atoms with E-state index in [2.05, 4.69) is 4.74 Å². The van der Waals surface area contributed by atoms with E-state index in [4.69, 9.17) is 5.26 Å². The minimum absolute atomic E-state index is 0.109. The molecule has 0 radical (unpaired) electrons. The Morgan fingerprint density at radius 3 is 2.33 bits per heavy atom. The van der Waals surface area contributed by atoms with Crippen LogP contribution < -0.4 is 0 Å². The maximum absolute atomic E-state index is 12.3. The maximum Gasteiger partial charge on any atom is 0.416 e. The van der Waals surface area contributed by atoms with Crippen molar-refractivity contribution in [2.24, 2.45) is 0 Å². The molecule has 0 bridgehead atoms. The molecule has 1 atom stereocenters. The number of benzene rings is 1. The minimum Gasteiger partial charge on any atom is -0.465 e. The first-order valence-electron chi connectivity index (χ1n) is 5.13. The van der Waals surface area contributed by atoms with Crippen LogP contribution in [0, 0.1) is 11.3 Å². The van der Waals surface area contributed by atoms with Gasteiger partial charge in [0.05, 0.1) is 18.2 Å². The number of rotatable bonds is 3. The first-order valence-corrected chi connectivity index (χ1v) is 5.13. The number of carbonyl (C=O) groups is 1. The first-order chi connectivity index (χ1) is 8.40. The van der Waals surface area contributed by atoms with Gasteiger partial charge in [-0.15, -0.1) is 0 Å². The van der Waals surface area contributed by atoms with Gasteiger partial charge in [0.2, 0.25) is 0 Å². The molecule has 0 N–H and O–H groups in total. The van der Waals surface area contributed by atoms with Crippen molar-refractivity contribution in [1.82, 2.24) is 0 Å². The molecule has 1 aromatic carbocycles. The van der Waals surface area contributed by atoms with Gasteiger partial charge in [0.25, 0.3) is 0 Å². The van der Waals surface area contributed by atoms with Gasteiger partial charge in [-0.05, 0) is 24.6 Å². The van der Waals surface area contributed by atoms with Crippen LogP contribution in [0.4, 0.5) is 13.2 Å². The van der Waals surface area contributed by atoms with Crippen molar-refractivity contribution >= 4 is 5.97 Å². The lowest BCUT2D eigenvalue weighted by molar-refractivity contribution is -0.143. The summed E-state index contributed by atoms with van der Waals surface area (Å²) < 4.78 is 41.6. The van der Waals surface area contributed by atoms with Gasteiger partial charge in [0.1, 0.15) is 0 Å². The summed E-state index contributed by atoms with van der Waals surface area (Å²) >= 11 is 0. The average molecular weight is 257 g/mol. The molecular weight excluding hydrogens is 247 g/mol. The second-order valence-electron chi connectivity index (χ2n) is 3.43. The molecular formula is C12H10F3NO2. The average Bonchev–Trinajstić information content (AvgIpc) is 2.30. The molecule has 1 unspecified atom stereocenters. The number of hydrogen-bond acceptors (Lipinski definition) is 3. The van der Waals surface area contributed by atoms with Crippen LogP contribution >= 0.6 is 0 Å². The molecule has 0 aliphatic rings. The number of hydrogen-bond donors (Lipinski definition) is 0. The molecule has 3 nitrogen and oxygen atoms in total. The van der Waals surface area contributed by atoms with E-state index in [-0.39, 0.29) is 12.2 Å². The second-order valence-corrected chi connectivity index (χ2v) is 3.43.